The molecule has 1 aromatic carbocycles. The summed E-state index contributed by atoms with van der Waals surface area (Å²) in [5, 5.41) is 6.43. The minimum absolute atomic E-state index is 0.0751. The summed E-state index contributed by atoms with van der Waals surface area (Å²) >= 11 is 0. The summed E-state index contributed by atoms with van der Waals surface area (Å²) in [6.45, 7) is 6.78. The van der Waals surface area contributed by atoms with Crippen LogP contribution in [0.5, 0.6) is 0 Å². The van der Waals surface area contributed by atoms with E-state index >= 15 is 0 Å². The molecule has 2 rings (SSSR count). The van der Waals surface area contributed by atoms with E-state index in [0.717, 1.165) is 19.5 Å². The van der Waals surface area contributed by atoms with Crippen LogP contribution in [0.2, 0.25) is 0 Å². The number of hydrogen-bond acceptors (Lipinski definition) is 3. The molecule has 4 heteroatoms. The second-order valence-corrected chi connectivity index (χ2v) is 7.03. The van der Waals surface area contributed by atoms with Gasteiger partial charge in [-0.3, -0.25) is 4.79 Å². The van der Waals surface area contributed by atoms with E-state index in [2.05, 4.69) is 55.6 Å². The van der Waals surface area contributed by atoms with E-state index in [9.17, 15) is 4.79 Å². The molecule has 2 N–H and O–H groups in total. The Morgan fingerprint density at radius 3 is 2.67 bits per heavy atom. The molecule has 1 aliphatic heterocycles. The summed E-state index contributed by atoms with van der Waals surface area (Å²) in [5.74, 6) is 0.108. The SMILES string of the molecule is CN(C)CC(C)(C)CNC(=O)[C@H]1Cc2ccccc2CN1. The topological polar surface area (TPSA) is 44.4 Å². The van der Waals surface area contributed by atoms with Crippen molar-refractivity contribution in [2.75, 3.05) is 27.2 Å². The summed E-state index contributed by atoms with van der Waals surface area (Å²) in [7, 11) is 4.12. The smallest absolute Gasteiger partial charge is 0.237 e. The van der Waals surface area contributed by atoms with Crippen LogP contribution in [0, 0.1) is 5.41 Å². The van der Waals surface area contributed by atoms with Gasteiger partial charge in [0.2, 0.25) is 5.91 Å². The highest BCUT2D eigenvalue weighted by Crippen LogP contribution is 2.17. The normalized spacial score (nSPS) is 18.4. The van der Waals surface area contributed by atoms with Gasteiger partial charge in [-0.05, 0) is 37.1 Å². The highest BCUT2D eigenvalue weighted by Gasteiger charge is 2.26. The molecule has 21 heavy (non-hydrogen) atoms. The summed E-state index contributed by atoms with van der Waals surface area (Å²) in [6, 6.07) is 8.21. The number of nitrogens with one attached hydrogen (secondary N) is 2. The third-order valence-electron chi connectivity index (χ3n) is 3.88. The second kappa shape index (κ2) is 6.58. The van der Waals surface area contributed by atoms with Crippen molar-refractivity contribution in [1.82, 2.24) is 15.5 Å². The largest absolute Gasteiger partial charge is 0.354 e. The molecular formula is C17H27N3O. The van der Waals surface area contributed by atoms with Crippen molar-refractivity contribution in [2.45, 2.75) is 32.9 Å². The molecule has 1 atom stereocenters. The quantitative estimate of drug-likeness (QED) is 0.861. The molecule has 1 aliphatic rings. The summed E-state index contributed by atoms with van der Waals surface area (Å²) in [6.07, 6.45) is 0.774. The molecule has 0 spiro atoms. The molecule has 0 fully saturated rings. The van der Waals surface area contributed by atoms with Crippen molar-refractivity contribution >= 4 is 5.91 Å². The molecule has 1 amide bonds. The van der Waals surface area contributed by atoms with Crippen LogP contribution in [0.15, 0.2) is 24.3 Å². The minimum atomic E-state index is -0.116. The molecule has 1 aromatic rings. The van der Waals surface area contributed by atoms with Gasteiger partial charge in [-0.25, -0.2) is 0 Å². The monoisotopic (exact) mass is 289 g/mol. The number of nitrogens with zero attached hydrogens (tertiary/aromatic N) is 1. The number of amides is 1. The maximum absolute atomic E-state index is 12.4. The van der Waals surface area contributed by atoms with E-state index in [4.69, 9.17) is 0 Å². The molecule has 0 saturated heterocycles. The Hall–Kier alpha value is -1.39. The van der Waals surface area contributed by atoms with Crippen molar-refractivity contribution in [3.8, 4) is 0 Å². The molecule has 0 unspecified atom stereocenters. The highest BCUT2D eigenvalue weighted by molar-refractivity contribution is 5.82. The van der Waals surface area contributed by atoms with E-state index in [-0.39, 0.29) is 17.4 Å². The number of carbonyl (C=O) groups excluding carboxylic acids is 1. The molecule has 0 bridgehead atoms. The minimum Gasteiger partial charge on any atom is -0.354 e. The average Bonchev–Trinajstić information content (AvgIpc) is 2.43. The van der Waals surface area contributed by atoms with E-state index in [0.29, 0.717) is 6.54 Å². The van der Waals surface area contributed by atoms with Crippen molar-refractivity contribution in [3.05, 3.63) is 35.4 Å². The van der Waals surface area contributed by atoms with E-state index in [1.54, 1.807) is 0 Å². The highest BCUT2D eigenvalue weighted by atomic mass is 16.2. The van der Waals surface area contributed by atoms with Gasteiger partial charge in [0, 0.05) is 19.6 Å². The Balaban J connectivity index is 1.88. The van der Waals surface area contributed by atoms with Gasteiger partial charge >= 0.3 is 0 Å². The first-order chi connectivity index (χ1) is 9.87. The fourth-order valence-electron chi connectivity index (χ4n) is 3.00. The number of fused-ring (bicyclic) bond motifs is 1. The zero-order valence-corrected chi connectivity index (χ0v) is 13.6. The molecular weight excluding hydrogens is 262 g/mol. The van der Waals surface area contributed by atoms with E-state index < -0.39 is 0 Å². The Kier molecular flexibility index (Phi) is 5.01. The van der Waals surface area contributed by atoms with Crippen molar-refractivity contribution < 1.29 is 4.79 Å². The first kappa shape index (κ1) is 16.0. The van der Waals surface area contributed by atoms with Crippen molar-refractivity contribution in [3.63, 3.8) is 0 Å². The van der Waals surface area contributed by atoms with E-state index in [1.165, 1.54) is 11.1 Å². The Labute approximate surface area is 127 Å². The molecule has 4 nitrogen and oxygen atoms in total. The lowest BCUT2D eigenvalue weighted by molar-refractivity contribution is -0.123. The van der Waals surface area contributed by atoms with Crippen LogP contribution in [-0.2, 0) is 17.8 Å². The third kappa shape index (κ3) is 4.55. The predicted octanol–water partition coefficient (Wildman–Crippen LogP) is 1.40. The standard InChI is InChI=1S/C17H27N3O/c1-17(2,12-20(3)4)11-19-16(21)15-9-13-7-5-6-8-14(13)10-18-15/h5-8,15,18H,9-12H2,1-4H3,(H,19,21)/t15-/m1/s1. The number of benzene rings is 1. The predicted molar refractivity (Wildman–Crippen MR) is 86.1 cm³/mol. The van der Waals surface area contributed by atoms with Gasteiger partial charge in [0.15, 0.2) is 0 Å². The Morgan fingerprint density at radius 2 is 2.00 bits per heavy atom. The van der Waals surface area contributed by atoms with E-state index in [1.807, 2.05) is 12.1 Å². The molecule has 0 saturated carbocycles. The lowest BCUT2D eigenvalue weighted by Gasteiger charge is -2.30. The van der Waals surface area contributed by atoms with Crippen LogP contribution in [0.4, 0.5) is 0 Å². The van der Waals surface area contributed by atoms with Crippen LogP contribution in [-0.4, -0.2) is 44.0 Å². The fraction of sp³-hybridized carbons (Fsp3) is 0.588. The zero-order chi connectivity index (χ0) is 15.5. The number of hydrogen-bond donors (Lipinski definition) is 2. The van der Waals surface area contributed by atoms with Gasteiger partial charge in [0.25, 0.3) is 0 Å². The lowest BCUT2D eigenvalue weighted by atomic mass is 9.92. The van der Waals surface area contributed by atoms with Crippen LogP contribution >= 0.6 is 0 Å². The summed E-state index contributed by atoms with van der Waals surface area (Å²) < 4.78 is 0. The van der Waals surface area contributed by atoms with Crippen LogP contribution < -0.4 is 10.6 Å². The lowest BCUT2D eigenvalue weighted by Crippen LogP contribution is -2.50. The first-order valence-electron chi connectivity index (χ1n) is 7.60. The molecule has 1 heterocycles. The maximum Gasteiger partial charge on any atom is 0.237 e. The molecule has 116 valence electrons. The molecule has 0 radical (unpaired) electrons. The van der Waals surface area contributed by atoms with Crippen LogP contribution in [0.1, 0.15) is 25.0 Å². The summed E-state index contributed by atoms with van der Waals surface area (Å²) in [5.41, 5.74) is 2.66. The van der Waals surface area contributed by atoms with Gasteiger partial charge in [-0.15, -0.1) is 0 Å². The van der Waals surface area contributed by atoms with Gasteiger partial charge in [-0.1, -0.05) is 38.1 Å². The van der Waals surface area contributed by atoms with Crippen molar-refractivity contribution in [1.29, 1.82) is 0 Å². The van der Waals surface area contributed by atoms with Gasteiger partial charge in [-0.2, -0.15) is 0 Å². The molecule has 0 aliphatic carbocycles. The molecule has 0 aromatic heterocycles. The Bertz CT molecular complexity index is 497. The first-order valence-corrected chi connectivity index (χ1v) is 7.60. The number of rotatable bonds is 5. The van der Waals surface area contributed by atoms with Crippen LogP contribution in [0.25, 0.3) is 0 Å². The zero-order valence-electron chi connectivity index (χ0n) is 13.6. The average molecular weight is 289 g/mol. The summed E-state index contributed by atoms with van der Waals surface area (Å²) in [4.78, 5) is 14.5. The second-order valence-electron chi connectivity index (χ2n) is 7.03. The van der Waals surface area contributed by atoms with Gasteiger partial charge in [0.1, 0.15) is 0 Å². The van der Waals surface area contributed by atoms with Crippen molar-refractivity contribution in [2.24, 2.45) is 5.41 Å². The number of carbonyl (C=O) groups is 1. The fourth-order valence-corrected chi connectivity index (χ4v) is 3.00. The van der Waals surface area contributed by atoms with Gasteiger partial charge < -0.3 is 15.5 Å². The maximum atomic E-state index is 12.4. The Morgan fingerprint density at radius 1 is 1.33 bits per heavy atom. The van der Waals surface area contributed by atoms with Crippen LogP contribution in [0.3, 0.4) is 0 Å². The van der Waals surface area contributed by atoms with Gasteiger partial charge in [0.05, 0.1) is 6.04 Å². The third-order valence-corrected chi connectivity index (χ3v) is 3.88.